The van der Waals surface area contributed by atoms with Gasteiger partial charge >= 0.3 is 0 Å². The van der Waals surface area contributed by atoms with Crippen LogP contribution in [0.25, 0.3) is 0 Å². The molecule has 106 valence electrons. The first-order valence-corrected chi connectivity index (χ1v) is 6.48. The Morgan fingerprint density at radius 3 is 2.84 bits per heavy atom. The molecule has 0 unspecified atom stereocenters. The molecular formula is C14H22N2O3. The third kappa shape index (κ3) is 4.79. The van der Waals surface area contributed by atoms with Crippen LogP contribution in [0.3, 0.4) is 0 Å². The van der Waals surface area contributed by atoms with Crippen LogP contribution in [0.5, 0.6) is 11.5 Å². The van der Waals surface area contributed by atoms with Gasteiger partial charge in [-0.15, -0.1) is 0 Å². The predicted octanol–water partition coefficient (Wildman–Crippen LogP) is 1.10. The van der Waals surface area contributed by atoms with Crippen LogP contribution in [0.4, 0.5) is 0 Å². The third-order valence-corrected chi connectivity index (χ3v) is 2.64. The van der Waals surface area contributed by atoms with Crippen LogP contribution in [0, 0.1) is 0 Å². The average molecular weight is 266 g/mol. The predicted molar refractivity (Wildman–Crippen MR) is 74.5 cm³/mol. The summed E-state index contributed by atoms with van der Waals surface area (Å²) in [6.45, 7) is 3.38. The highest BCUT2D eigenvalue weighted by molar-refractivity contribution is 5.75. The molecular weight excluding hydrogens is 244 g/mol. The van der Waals surface area contributed by atoms with Gasteiger partial charge < -0.3 is 20.5 Å². The number of carbonyl (C=O) groups is 1. The summed E-state index contributed by atoms with van der Waals surface area (Å²) in [5.41, 5.74) is 6.57. The molecule has 1 aromatic carbocycles. The summed E-state index contributed by atoms with van der Waals surface area (Å²) in [4.78, 5) is 11.4. The monoisotopic (exact) mass is 266 g/mol. The Kier molecular flexibility index (Phi) is 6.74. The summed E-state index contributed by atoms with van der Waals surface area (Å²) in [6.07, 6.45) is 1.04. The van der Waals surface area contributed by atoms with E-state index in [1.54, 1.807) is 7.11 Å². The van der Waals surface area contributed by atoms with Crippen molar-refractivity contribution in [3.63, 3.8) is 0 Å². The summed E-state index contributed by atoms with van der Waals surface area (Å²) < 4.78 is 11.0. The van der Waals surface area contributed by atoms with Crippen molar-refractivity contribution in [3.05, 3.63) is 23.8 Å². The first-order valence-electron chi connectivity index (χ1n) is 6.48. The van der Waals surface area contributed by atoms with E-state index in [0.717, 1.165) is 5.56 Å². The van der Waals surface area contributed by atoms with Crippen molar-refractivity contribution in [3.8, 4) is 11.5 Å². The Morgan fingerprint density at radius 2 is 2.21 bits per heavy atom. The molecule has 0 aliphatic carbocycles. The molecule has 0 aliphatic rings. The lowest BCUT2D eigenvalue weighted by Crippen LogP contribution is -2.24. The van der Waals surface area contributed by atoms with Crippen molar-refractivity contribution >= 4 is 5.91 Å². The standard InChI is InChI=1S/C14H22N2O3/c1-3-16-13(17)8-10-19-14-11(7-9-15)5-4-6-12(14)18-2/h4-6H,3,7-10,15H2,1-2H3,(H,16,17). The van der Waals surface area contributed by atoms with Crippen molar-refractivity contribution < 1.29 is 14.3 Å². The normalized spacial score (nSPS) is 10.1. The van der Waals surface area contributed by atoms with E-state index in [1.165, 1.54) is 0 Å². The van der Waals surface area contributed by atoms with E-state index in [1.807, 2.05) is 25.1 Å². The molecule has 19 heavy (non-hydrogen) atoms. The molecule has 0 bridgehead atoms. The number of nitrogens with two attached hydrogens (primary N) is 1. The molecule has 1 amide bonds. The molecule has 0 aliphatic heterocycles. The van der Waals surface area contributed by atoms with E-state index in [4.69, 9.17) is 15.2 Å². The Morgan fingerprint density at radius 1 is 1.42 bits per heavy atom. The maximum atomic E-state index is 11.4. The Bertz CT molecular complexity index is 408. The second-order valence-corrected chi connectivity index (χ2v) is 4.04. The van der Waals surface area contributed by atoms with Gasteiger partial charge in [0.05, 0.1) is 20.1 Å². The van der Waals surface area contributed by atoms with Gasteiger partial charge in [0, 0.05) is 6.54 Å². The number of carbonyl (C=O) groups excluding carboxylic acids is 1. The van der Waals surface area contributed by atoms with E-state index >= 15 is 0 Å². The molecule has 5 heteroatoms. The number of para-hydroxylation sites is 1. The first kappa shape index (κ1) is 15.3. The van der Waals surface area contributed by atoms with Gasteiger partial charge in [-0.25, -0.2) is 0 Å². The largest absolute Gasteiger partial charge is 0.493 e. The van der Waals surface area contributed by atoms with Gasteiger partial charge in [0.15, 0.2) is 11.5 Å². The number of hydrogen-bond donors (Lipinski definition) is 2. The lowest BCUT2D eigenvalue weighted by atomic mass is 10.1. The third-order valence-electron chi connectivity index (χ3n) is 2.64. The van der Waals surface area contributed by atoms with E-state index in [9.17, 15) is 4.79 Å². The minimum atomic E-state index is -0.0160. The second kappa shape index (κ2) is 8.37. The molecule has 0 radical (unpaired) electrons. The zero-order valence-corrected chi connectivity index (χ0v) is 11.6. The van der Waals surface area contributed by atoms with Crippen molar-refractivity contribution in [2.24, 2.45) is 5.73 Å². The molecule has 0 heterocycles. The Hall–Kier alpha value is -1.75. The molecule has 0 fully saturated rings. The fourth-order valence-corrected chi connectivity index (χ4v) is 1.77. The molecule has 3 N–H and O–H groups in total. The molecule has 1 aromatic rings. The van der Waals surface area contributed by atoms with Gasteiger partial charge in [-0.1, -0.05) is 12.1 Å². The van der Waals surface area contributed by atoms with Crippen LogP contribution >= 0.6 is 0 Å². The number of methoxy groups -OCH3 is 1. The average Bonchev–Trinajstić information content (AvgIpc) is 2.41. The highest BCUT2D eigenvalue weighted by atomic mass is 16.5. The SMILES string of the molecule is CCNC(=O)CCOc1c(CCN)cccc1OC. The number of nitrogens with one attached hydrogen (secondary N) is 1. The lowest BCUT2D eigenvalue weighted by molar-refractivity contribution is -0.121. The van der Waals surface area contributed by atoms with Crippen LogP contribution in [-0.2, 0) is 11.2 Å². The van der Waals surface area contributed by atoms with E-state index in [0.29, 0.717) is 44.0 Å². The highest BCUT2D eigenvalue weighted by Crippen LogP contribution is 2.31. The fourth-order valence-electron chi connectivity index (χ4n) is 1.77. The van der Waals surface area contributed by atoms with Crippen molar-refractivity contribution in [2.75, 3.05) is 26.8 Å². The quantitative estimate of drug-likeness (QED) is 0.739. The molecule has 0 atom stereocenters. The summed E-state index contributed by atoms with van der Waals surface area (Å²) in [6, 6.07) is 5.69. The van der Waals surface area contributed by atoms with E-state index in [-0.39, 0.29) is 5.91 Å². The molecule has 5 nitrogen and oxygen atoms in total. The minimum absolute atomic E-state index is 0.0160. The molecule has 0 aromatic heterocycles. The molecule has 1 rings (SSSR count). The number of rotatable bonds is 8. The molecule has 0 saturated carbocycles. The van der Waals surface area contributed by atoms with Crippen LogP contribution in [0.1, 0.15) is 18.9 Å². The zero-order valence-electron chi connectivity index (χ0n) is 11.6. The first-order chi connectivity index (χ1) is 9.22. The highest BCUT2D eigenvalue weighted by Gasteiger charge is 2.10. The van der Waals surface area contributed by atoms with Crippen LogP contribution in [-0.4, -0.2) is 32.7 Å². The van der Waals surface area contributed by atoms with Crippen molar-refractivity contribution in [1.29, 1.82) is 0 Å². The van der Waals surface area contributed by atoms with Crippen molar-refractivity contribution in [2.45, 2.75) is 19.8 Å². The smallest absolute Gasteiger partial charge is 0.223 e. The number of hydrogen-bond acceptors (Lipinski definition) is 4. The number of benzene rings is 1. The summed E-state index contributed by atoms with van der Waals surface area (Å²) in [5.74, 6) is 1.33. The van der Waals surface area contributed by atoms with Crippen LogP contribution in [0.15, 0.2) is 18.2 Å². The number of amides is 1. The van der Waals surface area contributed by atoms with Gasteiger partial charge in [-0.2, -0.15) is 0 Å². The summed E-state index contributed by atoms with van der Waals surface area (Å²) >= 11 is 0. The summed E-state index contributed by atoms with van der Waals surface area (Å²) in [7, 11) is 1.60. The topological polar surface area (TPSA) is 73.6 Å². The van der Waals surface area contributed by atoms with Gasteiger partial charge in [-0.05, 0) is 31.5 Å². The van der Waals surface area contributed by atoms with Gasteiger partial charge in [-0.3, -0.25) is 4.79 Å². The van der Waals surface area contributed by atoms with E-state index < -0.39 is 0 Å². The molecule has 0 spiro atoms. The fraction of sp³-hybridized carbons (Fsp3) is 0.500. The van der Waals surface area contributed by atoms with Crippen molar-refractivity contribution in [1.82, 2.24) is 5.32 Å². The summed E-state index contributed by atoms with van der Waals surface area (Å²) in [5, 5.41) is 2.73. The minimum Gasteiger partial charge on any atom is -0.493 e. The Labute approximate surface area is 114 Å². The maximum Gasteiger partial charge on any atom is 0.223 e. The zero-order chi connectivity index (χ0) is 14.1. The number of ether oxygens (including phenoxy) is 2. The molecule has 0 saturated heterocycles. The lowest BCUT2D eigenvalue weighted by Gasteiger charge is -2.14. The van der Waals surface area contributed by atoms with Gasteiger partial charge in [0.1, 0.15) is 0 Å². The van der Waals surface area contributed by atoms with Gasteiger partial charge in [0.25, 0.3) is 0 Å². The second-order valence-electron chi connectivity index (χ2n) is 4.04. The van der Waals surface area contributed by atoms with Gasteiger partial charge in [0.2, 0.25) is 5.91 Å². The Balaban J connectivity index is 2.66. The van der Waals surface area contributed by atoms with Crippen LogP contribution in [0.2, 0.25) is 0 Å². The maximum absolute atomic E-state index is 11.4. The van der Waals surface area contributed by atoms with Crippen LogP contribution < -0.4 is 20.5 Å². The van der Waals surface area contributed by atoms with E-state index in [2.05, 4.69) is 5.32 Å².